The van der Waals surface area contributed by atoms with Crippen LogP contribution in [0.1, 0.15) is 38.5 Å². The Morgan fingerprint density at radius 2 is 2.11 bits per heavy atom. The van der Waals surface area contributed by atoms with Crippen LogP contribution in [0.5, 0.6) is 0 Å². The van der Waals surface area contributed by atoms with Gasteiger partial charge in [0.1, 0.15) is 6.04 Å². The highest BCUT2D eigenvalue weighted by Gasteiger charge is 2.44. The number of imide groups is 1. The molecule has 0 spiro atoms. The van der Waals surface area contributed by atoms with Crippen LogP contribution in [-0.2, 0) is 19.1 Å². The zero-order valence-electron chi connectivity index (χ0n) is 10.8. The standard InChI is InChI=1S/C13H18N2O4/c16-11-7-10(13(18)14-11)15(8-3-4-8)12(17)6-9-2-1-5-19-9/h8-10H,1-7H2,(H,14,16,18). The highest BCUT2D eigenvalue weighted by Crippen LogP contribution is 2.32. The first kappa shape index (κ1) is 12.6. The molecule has 0 radical (unpaired) electrons. The average Bonchev–Trinajstić information content (AvgIpc) is 2.94. The first-order chi connectivity index (χ1) is 9.15. The van der Waals surface area contributed by atoms with E-state index in [1.54, 1.807) is 4.90 Å². The lowest BCUT2D eigenvalue weighted by Gasteiger charge is -2.27. The van der Waals surface area contributed by atoms with E-state index in [1.807, 2.05) is 0 Å². The van der Waals surface area contributed by atoms with Crippen molar-refractivity contribution >= 4 is 17.7 Å². The van der Waals surface area contributed by atoms with E-state index in [2.05, 4.69) is 5.32 Å². The van der Waals surface area contributed by atoms with E-state index < -0.39 is 6.04 Å². The summed E-state index contributed by atoms with van der Waals surface area (Å²) in [4.78, 5) is 37.0. The molecule has 2 saturated heterocycles. The molecule has 6 heteroatoms. The molecule has 1 N–H and O–H groups in total. The van der Waals surface area contributed by atoms with Crippen LogP contribution in [0, 0.1) is 0 Å². The minimum atomic E-state index is -0.603. The van der Waals surface area contributed by atoms with Gasteiger partial charge >= 0.3 is 0 Å². The summed E-state index contributed by atoms with van der Waals surface area (Å²) >= 11 is 0. The molecule has 0 bridgehead atoms. The van der Waals surface area contributed by atoms with Crippen LogP contribution >= 0.6 is 0 Å². The second kappa shape index (κ2) is 4.92. The van der Waals surface area contributed by atoms with Gasteiger partial charge in [0.05, 0.1) is 18.9 Å². The number of hydrogen-bond acceptors (Lipinski definition) is 4. The zero-order valence-corrected chi connectivity index (χ0v) is 10.8. The van der Waals surface area contributed by atoms with Gasteiger partial charge in [-0.05, 0) is 25.7 Å². The summed E-state index contributed by atoms with van der Waals surface area (Å²) in [5, 5.41) is 2.28. The fourth-order valence-electron chi connectivity index (χ4n) is 2.85. The first-order valence-electron chi connectivity index (χ1n) is 6.91. The maximum atomic E-state index is 12.4. The molecule has 2 aliphatic heterocycles. The first-order valence-corrected chi connectivity index (χ1v) is 6.91. The summed E-state index contributed by atoms with van der Waals surface area (Å²) in [6.07, 6.45) is 4.16. The third-order valence-corrected chi connectivity index (χ3v) is 3.93. The predicted octanol–water partition coefficient (Wildman–Crippen LogP) is -0.0384. The zero-order chi connectivity index (χ0) is 13.4. The van der Waals surface area contributed by atoms with Crippen molar-refractivity contribution in [1.82, 2.24) is 10.2 Å². The van der Waals surface area contributed by atoms with E-state index in [0.717, 1.165) is 25.7 Å². The Morgan fingerprint density at radius 1 is 1.32 bits per heavy atom. The topological polar surface area (TPSA) is 75.7 Å². The number of ether oxygens (including phenoxy) is 1. The quantitative estimate of drug-likeness (QED) is 0.725. The monoisotopic (exact) mass is 266 g/mol. The Hall–Kier alpha value is -1.43. The molecule has 3 fully saturated rings. The largest absolute Gasteiger partial charge is 0.378 e. The van der Waals surface area contributed by atoms with E-state index in [9.17, 15) is 14.4 Å². The molecule has 19 heavy (non-hydrogen) atoms. The summed E-state index contributed by atoms with van der Waals surface area (Å²) in [6, 6.07) is -0.468. The minimum Gasteiger partial charge on any atom is -0.378 e. The van der Waals surface area contributed by atoms with Crippen LogP contribution in [-0.4, -0.2) is 47.4 Å². The van der Waals surface area contributed by atoms with Gasteiger partial charge in [-0.3, -0.25) is 19.7 Å². The van der Waals surface area contributed by atoms with Crippen LogP contribution in [0.25, 0.3) is 0 Å². The number of rotatable bonds is 4. The fraction of sp³-hybridized carbons (Fsp3) is 0.769. The van der Waals surface area contributed by atoms with E-state index in [1.165, 1.54) is 0 Å². The van der Waals surface area contributed by atoms with Crippen molar-refractivity contribution in [3.8, 4) is 0 Å². The maximum absolute atomic E-state index is 12.4. The third-order valence-electron chi connectivity index (χ3n) is 3.93. The fourth-order valence-corrected chi connectivity index (χ4v) is 2.85. The number of nitrogens with one attached hydrogen (secondary N) is 1. The van der Waals surface area contributed by atoms with Crippen molar-refractivity contribution in [2.75, 3.05) is 6.61 Å². The van der Waals surface area contributed by atoms with Gasteiger partial charge in [-0.2, -0.15) is 0 Å². The highest BCUT2D eigenvalue weighted by atomic mass is 16.5. The molecule has 3 amide bonds. The van der Waals surface area contributed by atoms with Gasteiger partial charge in [0.25, 0.3) is 0 Å². The van der Waals surface area contributed by atoms with Crippen molar-refractivity contribution in [3.05, 3.63) is 0 Å². The van der Waals surface area contributed by atoms with Gasteiger partial charge in [0, 0.05) is 12.6 Å². The number of carbonyl (C=O) groups excluding carboxylic acids is 3. The molecule has 3 aliphatic rings. The molecule has 1 saturated carbocycles. The van der Waals surface area contributed by atoms with Gasteiger partial charge in [-0.25, -0.2) is 0 Å². The van der Waals surface area contributed by atoms with Crippen LogP contribution < -0.4 is 5.32 Å². The van der Waals surface area contributed by atoms with Gasteiger partial charge in [0.15, 0.2) is 0 Å². The molecule has 6 nitrogen and oxygen atoms in total. The number of amides is 3. The van der Waals surface area contributed by atoms with Crippen LogP contribution in [0.15, 0.2) is 0 Å². The number of carbonyl (C=O) groups is 3. The summed E-state index contributed by atoms with van der Waals surface area (Å²) in [7, 11) is 0. The highest BCUT2D eigenvalue weighted by molar-refractivity contribution is 6.06. The van der Waals surface area contributed by atoms with E-state index >= 15 is 0 Å². The van der Waals surface area contributed by atoms with E-state index in [-0.39, 0.29) is 36.3 Å². The molecule has 104 valence electrons. The maximum Gasteiger partial charge on any atom is 0.249 e. The van der Waals surface area contributed by atoms with E-state index in [4.69, 9.17) is 4.74 Å². The SMILES string of the molecule is O=C1CC(N(C(=O)CC2CCCO2)C2CC2)C(=O)N1. The number of hydrogen-bond donors (Lipinski definition) is 1. The summed E-state index contributed by atoms with van der Waals surface area (Å²) in [5.41, 5.74) is 0. The Kier molecular flexibility index (Phi) is 3.26. The second-order valence-electron chi connectivity index (χ2n) is 5.50. The molecule has 1 aliphatic carbocycles. The Balaban J connectivity index is 1.68. The Labute approximate surface area is 111 Å². The molecular formula is C13H18N2O4. The molecule has 0 aromatic heterocycles. The lowest BCUT2D eigenvalue weighted by atomic mass is 10.1. The lowest BCUT2D eigenvalue weighted by Crippen LogP contribution is -2.46. The molecule has 2 heterocycles. The molecule has 2 unspecified atom stereocenters. The van der Waals surface area contributed by atoms with Crippen molar-refractivity contribution < 1.29 is 19.1 Å². The minimum absolute atomic E-state index is 0.0195. The van der Waals surface area contributed by atoms with Crippen molar-refractivity contribution in [2.45, 2.75) is 56.7 Å². The predicted molar refractivity (Wildman–Crippen MR) is 65.0 cm³/mol. The molecular weight excluding hydrogens is 248 g/mol. The van der Waals surface area contributed by atoms with Crippen LogP contribution in [0.3, 0.4) is 0 Å². The summed E-state index contributed by atoms with van der Waals surface area (Å²) in [5.74, 6) is -0.674. The van der Waals surface area contributed by atoms with Gasteiger partial charge in [0.2, 0.25) is 17.7 Å². The normalized spacial score (nSPS) is 30.5. The Bertz CT molecular complexity index is 413. The molecule has 3 rings (SSSR count). The molecule has 0 aromatic rings. The van der Waals surface area contributed by atoms with Crippen molar-refractivity contribution in [3.63, 3.8) is 0 Å². The smallest absolute Gasteiger partial charge is 0.249 e. The van der Waals surface area contributed by atoms with Crippen LogP contribution in [0.4, 0.5) is 0 Å². The average molecular weight is 266 g/mol. The van der Waals surface area contributed by atoms with Gasteiger partial charge in [-0.1, -0.05) is 0 Å². The summed E-state index contributed by atoms with van der Waals surface area (Å²) < 4.78 is 5.47. The Morgan fingerprint density at radius 3 is 2.63 bits per heavy atom. The van der Waals surface area contributed by atoms with Crippen molar-refractivity contribution in [2.24, 2.45) is 0 Å². The lowest BCUT2D eigenvalue weighted by molar-refractivity contribution is -0.141. The molecule has 0 aromatic carbocycles. The van der Waals surface area contributed by atoms with E-state index in [0.29, 0.717) is 13.0 Å². The second-order valence-corrected chi connectivity index (χ2v) is 5.50. The van der Waals surface area contributed by atoms with Crippen LogP contribution in [0.2, 0.25) is 0 Å². The number of nitrogens with zero attached hydrogens (tertiary/aromatic N) is 1. The summed E-state index contributed by atoms with van der Waals surface area (Å²) in [6.45, 7) is 0.712. The van der Waals surface area contributed by atoms with Gasteiger partial charge < -0.3 is 9.64 Å². The van der Waals surface area contributed by atoms with Gasteiger partial charge in [-0.15, -0.1) is 0 Å². The van der Waals surface area contributed by atoms with Crippen molar-refractivity contribution in [1.29, 1.82) is 0 Å². The third kappa shape index (κ3) is 2.63. The molecule has 2 atom stereocenters.